The van der Waals surface area contributed by atoms with Crippen LogP contribution in [-0.2, 0) is 0 Å². The molecule has 1 aromatic carbocycles. The number of fused-ring (bicyclic) bond motifs is 1. The minimum Gasteiger partial charge on any atom is -0.463 e. The van der Waals surface area contributed by atoms with Crippen molar-refractivity contribution in [1.29, 1.82) is 0 Å². The Morgan fingerprint density at radius 1 is 1.23 bits per heavy atom. The molecule has 8 heteroatoms. The highest BCUT2D eigenvalue weighted by Gasteiger charge is 2.16. The Morgan fingerprint density at radius 3 is 2.88 bits per heavy atom. The number of benzene rings is 1. The lowest BCUT2D eigenvalue weighted by Gasteiger charge is -1.99. The molecule has 0 saturated heterocycles. The normalized spacial score (nSPS) is 11.4. The lowest BCUT2D eigenvalue weighted by molar-refractivity contribution is -0.385. The number of halogens is 1. The highest BCUT2D eigenvalue weighted by Crippen LogP contribution is 2.31. The van der Waals surface area contributed by atoms with Crippen LogP contribution in [0.4, 0.5) is 11.5 Å². The standard InChI is InChI=1S/C18H11BrN4O3/c19-13-7-6-12(10-14(13)23(24)25)11-20-18-17(15-4-3-9-26-15)21-16-5-1-2-8-22(16)18/h1-11H/b20-11+. The summed E-state index contributed by atoms with van der Waals surface area (Å²) in [5.41, 5.74) is 1.92. The molecule has 0 amide bonds. The van der Waals surface area contributed by atoms with Crippen molar-refractivity contribution in [2.24, 2.45) is 4.99 Å². The van der Waals surface area contributed by atoms with Gasteiger partial charge in [-0.05, 0) is 51.8 Å². The summed E-state index contributed by atoms with van der Waals surface area (Å²) in [4.78, 5) is 19.8. The molecular formula is C18H11BrN4O3. The molecule has 0 atom stereocenters. The van der Waals surface area contributed by atoms with Gasteiger partial charge in [-0.2, -0.15) is 0 Å². The molecule has 0 saturated carbocycles. The molecule has 0 bridgehead atoms. The Morgan fingerprint density at radius 2 is 2.12 bits per heavy atom. The van der Waals surface area contributed by atoms with Gasteiger partial charge in [-0.3, -0.25) is 14.5 Å². The molecule has 26 heavy (non-hydrogen) atoms. The van der Waals surface area contributed by atoms with Gasteiger partial charge in [-0.1, -0.05) is 12.1 Å². The van der Waals surface area contributed by atoms with Gasteiger partial charge in [0.2, 0.25) is 0 Å². The minimum atomic E-state index is -0.441. The van der Waals surface area contributed by atoms with Gasteiger partial charge in [-0.15, -0.1) is 0 Å². The highest BCUT2D eigenvalue weighted by atomic mass is 79.9. The number of aliphatic imine (C=N–C) groups is 1. The molecule has 128 valence electrons. The van der Waals surface area contributed by atoms with E-state index in [4.69, 9.17) is 4.42 Å². The summed E-state index contributed by atoms with van der Waals surface area (Å²) in [6, 6.07) is 14.1. The Labute approximate surface area is 155 Å². The third-order valence-corrected chi connectivity index (χ3v) is 4.43. The summed E-state index contributed by atoms with van der Waals surface area (Å²) in [5, 5.41) is 11.1. The molecule has 0 N–H and O–H groups in total. The van der Waals surface area contributed by atoms with E-state index in [1.165, 1.54) is 6.07 Å². The van der Waals surface area contributed by atoms with Crippen molar-refractivity contribution in [2.75, 3.05) is 0 Å². The van der Waals surface area contributed by atoms with Crippen molar-refractivity contribution in [2.45, 2.75) is 0 Å². The molecule has 0 spiro atoms. The number of imidazole rings is 1. The van der Waals surface area contributed by atoms with Gasteiger partial charge in [0.25, 0.3) is 5.69 Å². The average molecular weight is 411 g/mol. The second-order valence-electron chi connectivity index (χ2n) is 5.42. The van der Waals surface area contributed by atoms with Crippen LogP contribution in [0.15, 0.2) is 74.9 Å². The monoisotopic (exact) mass is 410 g/mol. The maximum absolute atomic E-state index is 11.1. The smallest absolute Gasteiger partial charge is 0.284 e. The van der Waals surface area contributed by atoms with Crippen LogP contribution in [0, 0.1) is 10.1 Å². The van der Waals surface area contributed by atoms with Crippen molar-refractivity contribution < 1.29 is 9.34 Å². The van der Waals surface area contributed by atoms with E-state index in [0.29, 0.717) is 27.3 Å². The number of furan rings is 1. The van der Waals surface area contributed by atoms with E-state index < -0.39 is 4.92 Å². The Bertz CT molecular complexity index is 1130. The molecule has 4 rings (SSSR count). The van der Waals surface area contributed by atoms with E-state index in [2.05, 4.69) is 25.9 Å². The number of nitrogens with zero attached hydrogens (tertiary/aromatic N) is 4. The van der Waals surface area contributed by atoms with Crippen molar-refractivity contribution in [3.63, 3.8) is 0 Å². The maximum atomic E-state index is 11.1. The highest BCUT2D eigenvalue weighted by molar-refractivity contribution is 9.10. The second-order valence-corrected chi connectivity index (χ2v) is 6.27. The molecule has 3 heterocycles. The van der Waals surface area contributed by atoms with E-state index in [1.54, 1.807) is 30.7 Å². The van der Waals surface area contributed by atoms with Crippen LogP contribution in [0.25, 0.3) is 17.1 Å². The number of hydrogen-bond acceptors (Lipinski definition) is 5. The van der Waals surface area contributed by atoms with E-state index in [9.17, 15) is 10.1 Å². The maximum Gasteiger partial charge on any atom is 0.284 e. The van der Waals surface area contributed by atoms with Gasteiger partial charge in [0.15, 0.2) is 17.3 Å². The first kappa shape index (κ1) is 16.2. The molecule has 0 aliphatic rings. The topological polar surface area (TPSA) is 85.9 Å². The summed E-state index contributed by atoms with van der Waals surface area (Å²) in [6.07, 6.45) is 5.00. The Hall–Kier alpha value is -3.26. The van der Waals surface area contributed by atoms with E-state index in [0.717, 1.165) is 5.65 Å². The summed E-state index contributed by atoms with van der Waals surface area (Å²) >= 11 is 3.18. The number of hydrogen-bond donors (Lipinski definition) is 0. The van der Waals surface area contributed by atoms with Crippen LogP contribution in [0.1, 0.15) is 5.56 Å². The lowest BCUT2D eigenvalue weighted by Crippen LogP contribution is -1.91. The summed E-state index contributed by atoms with van der Waals surface area (Å²) < 4.78 is 7.72. The van der Waals surface area contributed by atoms with Gasteiger partial charge >= 0.3 is 0 Å². The zero-order valence-corrected chi connectivity index (χ0v) is 14.8. The van der Waals surface area contributed by atoms with Crippen LogP contribution >= 0.6 is 15.9 Å². The molecule has 0 radical (unpaired) electrons. The average Bonchev–Trinajstić information content (AvgIpc) is 3.28. The van der Waals surface area contributed by atoms with Crippen LogP contribution < -0.4 is 0 Å². The predicted molar refractivity (Wildman–Crippen MR) is 101 cm³/mol. The largest absolute Gasteiger partial charge is 0.463 e. The molecule has 0 aliphatic heterocycles. The fourth-order valence-corrected chi connectivity index (χ4v) is 2.96. The van der Waals surface area contributed by atoms with Crippen LogP contribution in [0.3, 0.4) is 0 Å². The lowest BCUT2D eigenvalue weighted by atomic mass is 10.2. The number of nitro benzene ring substituents is 1. The summed E-state index contributed by atoms with van der Waals surface area (Å²) in [7, 11) is 0. The van der Waals surface area contributed by atoms with Crippen LogP contribution in [0.2, 0.25) is 0 Å². The fourth-order valence-electron chi connectivity index (χ4n) is 2.57. The fraction of sp³-hybridized carbons (Fsp3) is 0. The first-order valence-corrected chi connectivity index (χ1v) is 8.42. The number of rotatable bonds is 4. The van der Waals surface area contributed by atoms with Crippen molar-refractivity contribution in [3.05, 3.63) is 81.1 Å². The van der Waals surface area contributed by atoms with Gasteiger partial charge in [0.05, 0.1) is 15.7 Å². The van der Waals surface area contributed by atoms with E-state index in [1.807, 2.05) is 34.9 Å². The Kier molecular flexibility index (Phi) is 4.10. The molecule has 0 unspecified atom stereocenters. The molecule has 4 aromatic rings. The van der Waals surface area contributed by atoms with E-state index in [-0.39, 0.29) is 5.69 Å². The molecular weight excluding hydrogens is 400 g/mol. The minimum absolute atomic E-state index is 0.0154. The second kappa shape index (κ2) is 6.57. The van der Waals surface area contributed by atoms with Gasteiger partial charge in [0, 0.05) is 18.5 Å². The quantitative estimate of drug-likeness (QED) is 0.268. The van der Waals surface area contributed by atoms with Gasteiger partial charge in [-0.25, -0.2) is 9.98 Å². The molecule has 3 aromatic heterocycles. The predicted octanol–water partition coefficient (Wildman–Crippen LogP) is 5.02. The molecule has 0 aliphatic carbocycles. The Balaban J connectivity index is 1.82. The number of pyridine rings is 1. The zero-order valence-electron chi connectivity index (χ0n) is 13.2. The number of aromatic nitrogens is 2. The van der Waals surface area contributed by atoms with Crippen LogP contribution in [0.5, 0.6) is 0 Å². The SMILES string of the molecule is O=[N+]([O-])c1cc(/C=N/c2c(-c3ccco3)nc3ccccn23)ccc1Br. The van der Waals surface area contributed by atoms with Gasteiger partial charge < -0.3 is 4.42 Å². The summed E-state index contributed by atoms with van der Waals surface area (Å²) in [6.45, 7) is 0. The van der Waals surface area contributed by atoms with Gasteiger partial charge in [0.1, 0.15) is 5.65 Å². The summed E-state index contributed by atoms with van der Waals surface area (Å²) in [5.74, 6) is 1.18. The molecule has 7 nitrogen and oxygen atoms in total. The first-order valence-electron chi connectivity index (χ1n) is 7.62. The third-order valence-electron chi connectivity index (χ3n) is 3.76. The van der Waals surface area contributed by atoms with Crippen molar-refractivity contribution in [1.82, 2.24) is 9.38 Å². The number of nitro groups is 1. The van der Waals surface area contributed by atoms with Crippen molar-refractivity contribution in [3.8, 4) is 11.5 Å². The van der Waals surface area contributed by atoms with Crippen LogP contribution in [-0.4, -0.2) is 20.5 Å². The van der Waals surface area contributed by atoms with Crippen molar-refractivity contribution >= 4 is 39.3 Å². The first-order chi connectivity index (χ1) is 12.6. The molecule has 0 fully saturated rings. The zero-order chi connectivity index (χ0) is 18.1. The third kappa shape index (κ3) is 2.91. The van der Waals surface area contributed by atoms with E-state index >= 15 is 0 Å².